The van der Waals surface area contributed by atoms with Gasteiger partial charge in [-0.2, -0.15) is 0 Å². The van der Waals surface area contributed by atoms with Gasteiger partial charge in [-0.05, 0) is 55.6 Å². The SMILES string of the molecule is Cc1ccc(C)c(-c2ccc(NC(=O)c3snnc3C)nc2)c1. The van der Waals surface area contributed by atoms with Crippen LogP contribution in [0.3, 0.4) is 0 Å². The summed E-state index contributed by atoms with van der Waals surface area (Å²) in [5.41, 5.74) is 5.20. The summed E-state index contributed by atoms with van der Waals surface area (Å²) < 4.78 is 3.77. The third kappa shape index (κ3) is 3.27. The second kappa shape index (κ2) is 6.26. The van der Waals surface area contributed by atoms with Gasteiger partial charge in [0.2, 0.25) is 0 Å². The number of amides is 1. The molecule has 0 unspecified atom stereocenters. The predicted molar refractivity (Wildman–Crippen MR) is 91.7 cm³/mol. The van der Waals surface area contributed by atoms with E-state index in [0.717, 1.165) is 22.7 Å². The minimum absolute atomic E-state index is 0.232. The topological polar surface area (TPSA) is 67.8 Å². The van der Waals surface area contributed by atoms with Crippen LogP contribution in [-0.2, 0) is 0 Å². The number of aryl methyl sites for hydroxylation is 3. The average Bonchev–Trinajstić information content (AvgIpc) is 2.97. The quantitative estimate of drug-likeness (QED) is 0.796. The van der Waals surface area contributed by atoms with E-state index in [1.54, 1.807) is 19.2 Å². The van der Waals surface area contributed by atoms with Crippen LogP contribution in [-0.4, -0.2) is 20.5 Å². The molecule has 0 aliphatic carbocycles. The fourth-order valence-electron chi connectivity index (χ4n) is 2.29. The van der Waals surface area contributed by atoms with Gasteiger partial charge < -0.3 is 5.32 Å². The van der Waals surface area contributed by atoms with Crippen LogP contribution in [0.5, 0.6) is 0 Å². The fourth-order valence-corrected chi connectivity index (χ4v) is 2.84. The highest BCUT2D eigenvalue weighted by molar-refractivity contribution is 7.08. The molecule has 0 aliphatic heterocycles. The zero-order valence-corrected chi connectivity index (χ0v) is 13.9. The number of carbonyl (C=O) groups is 1. The van der Waals surface area contributed by atoms with Gasteiger partial charge in [0.25, 0.3) is 5.91 Å². The van der Waals surface area contributed by atoms with Crippen molar-refractivity contribution in [3.05, 3.63) is 58.2 Å². The maximum absolute atomic E-state index is 12.1. The largest absolute Gasteiger partial charge is 0.306 e. The lowest BCUT2D eigenvalue weighted by atomic mass is 10.00. The molecule has 0 atom stereocenters. The van der Waals surface area contributed by atoms with Crippen LogP contribution < -0.4 is 5.32 Å². The van der Waals surface area contributed by atoms with Crippen LogP contribution in [0.1, 0.15) is 26.5 Å². The number of aromatic nitrogens is 3. The summed E-state index contributed by atoms with van der Waals surface area (Å²) in [6.45, 7) is 5.90. The highest BCUT2D eigenvalue weighted by Gasteiger charge is 2.13. The summed E-state index contributed by atoms with van der Waals surface area (Å²) in [6, 6.07) is 10.1. The molecule has 1 N–H and O–H groups in total. The second-order valence-corrected chi connectivity index (χ2v) is 6.15. The Morgan fingerprint density at radius 1 is 1.13 bits per heavy atom. The third-order valence-electron chi connectivity index (χ3n) is 3.57. The number of hydrogen-bond donors (Lipinski definition) is 1. The van der Waals surface area contributed by atoms with E-state index in [-0.39, 0.29) is 5.91 Å². The van der Waals surface area contributed by atoms with E-state index in [4.69, 9.17) is 0 Å². The van der Waals surface area contributed by atoms with Crippen molar-refractivity contribution < 1.29 is 4.79 Å². The van der Waals surface area contributed by atoms with Crippen LogP contribution in [0.15, 0.2) is 36.5 Å². The summed E-state index contributed by atoms with van der Waals surface area (Å²) in [4.78, 5) is 17.0. The third-order valence-corrected chi connectivity index (χ3v) is 4.39. The second-order valence-electron chi connectivity index (χ2n) is 5.39. The lowest BCUT2D eigenvalue weighted by molar-refractivity contribution is 0.102. The number of nitrogens with one attached hydrogen (secondary N) is 1. The van der Waals surface area contributed by atoms with Gasteiger partial charge in [0.05, 0.1) is 5.69 Å². The summed E-state index contributed by atoms with van der Waals surface area (Å²) in [5, 5.41) is 6.61. The average molecular weight is 324 g/mol. The number of anilines is 1. The molecule has 6 heteroatoms. The van der Waals surface area contributed by atoms with E-state index < -0.39 is 0 Å². The number of hydrogen-bond acceptors (Lipinski definition) is 5. The Hall–Kier alpha value is -2.60. The van der Waals surface area contributed by atoms with Crippen molar-refractivity contribution in [1.82, 2.24) is 14.6 Å². The van der Waals surface area contributed by atoms with Crippen molar-refractivity contribution in [1.29, 1.82) is 0 Å². The number of pyridine rings is 1. The van der Waals surface area contributed by atoms with Crippen molar-refractivity contribution in [3.63, 3.8) is 0 Å². The minimum Gasteiger partial charge on any atom is -0.306 e. The molecule has 0 saturated carbocycles. The molecule has 0 radical (unpaired) electrons. The smallest absolute Gasteiger partial charge is 0.270 e. The molecular weight excluding hydrogens is 308 g/mol. The Kier molecular flexibility index (Phi) is 4.16. The molecule has 2 heterocycles. The van der Waals surface area contributed by atoms with Gasteiger partial charge in [0.1, 0.15) is 10.7 Å². The van der Waals surface area contributed by atoms with E-state index in [9.17, 15) is 4.79 Å². The highest BCUT2D eigenvalue weighted by Crippen LogP contribution is 2.24. The van der Waals surface area contributed by atoms with Crippen molar-refractivity contribution >= 4 is 23.3 Å². The van der Waals surface area contributed by atoms with E-state index in [1.807, 2.05) is 6.07 Å². The first kappa shape index (κ1) is 15.3. The number of benzene rings is 1. The van der Waals surface area contributed by atoms with Gasteiger partial charge >= 0.3 is 0 Å². The number of nitrogens with zero attached hydrogens (tertiary/aromatic N) is 3. The molecule has 1 aromatic carbocycles. The van der Waals surface area contributed by atoms with Crippen LogP contribution in [0, 0.1) is 20.8 Å². The molecule has 3 aromatic rings. The first-order valence-corrected chi connectivity index (χ1v) is 7.96. The van der Waals surface area contributed by atoms with Gasteiger partial charge in [-0.3, -0.25) is 4.79 Å². The predicted octanol–water partition coefficient (Wildman–Crippen LogP) is 3.78. The fraction of sp³-hybridized carbons (Fsp3) is 0.176. The first-order valence-electron chi connectivity index (χ1n) is 7.18. The molecule has 0 aliphatic rings. The highest BCUT2D eigenvalue weighted by atomic mass is 32.1. The lowest BCUT2D eigenvalue weighted by Crippen LogP contribution is -2.12. The zero-order valence-electron chi connectivity index (χ0n) is 13.1. The van der Waals surface area contributed by atoms with E-state index in [2.05, 4.69) is 51.9 Å². The van der Waals surface area contributed by atoms with E-state index in [1.165, 1.54) is 11.1 Å². The Morgan fingerprint density at radius 3 is 2.61 bits per heavy atom. The normalized spacial score (nSPS) is 10.6. The van der Waals surface area contributed by atoms with Crippen molar-refractivity contribution in [2.45, 2.75) is 20.8 Å². The molecule has 5 nitrogen and oxygen atoms in total. The van der Waals surface area contributed by atoms with E-state index in [0.29, 0.717) is 16.4 Å². The first-order chi connectivity index (χ1) is 11.0. The molecule has 2 aromatic heterocycles. The van der Waals surface area contributed by atoms with Crippen LogP contribution in [0.2, 0.25) is 0 Å². The number of carbonyl (C=O) groups excluding carboxylic acids is 1. The minimum atomic E-state index is -0.232. The summed E-state index contributed by atoms with van der Waals surface area (Å²) in [6.07, 6.45) is 1.77. The molecule has 0 bridgehead atoms. The molecule has 0 spiro atoms. The summed E-state index contributed by atoms with van der Waals surface area (Å²) >= 11 is 1.08. The molecule has 0 fully saturated rings. The lowest BCUT2D eigenvalue weighted by Gasteiger charge is -2.08. The Balaban J connectivity index is 1.81. The molecule has 0 saturated heterocycles. The molecule has 23 heavy (non-hydrogen) atoms. The van der Waals surface area contributed by atoms with Crippen molar-refractivity contribution in [2.24, 2.45) is 0 Å². The maximum atomic E-state index is 12.1. The van der Waals surface area contributed by atoms with Crippen LogP contribution in [0.25, 0.3) is 11.1 Å². The maximum Gasteiger partial charge on any atom is 0.270 e. The van der Waals surface area contributed by atoms with Gasteiger partial charge in [-0.15, -0.1) is 5.10 Å². The van der Waals surface area contributed by atoms with E-state index >= 15 is 0 Å². The Morgan fingerprint density at radius 2 is 1.96 bits per heavy atom. The van der Waals surface area contributed by atoms with Crippen molar-refractivity contribution in [3.8, 4) is 11.1 Å². The molecule has 116 valence electrons. The van der Waals surface area contributed by atoms with Crippen LogP contribution >= 0.6 is 11.5 Å². The Bertz CT molecular complexity index is 855. The summed E-state index contributed by atoms with van der Waals surface area (Å²) in [5.74, 6) is 0.279. The monoisotopic (exact) mass is 324 g/mol. The Labute approximate surface area is 138 Å². The van der Waals surface area contributed by atoms with Gasteiger partial charge in [0.15, 0.2) is 0 Å². The van der Waals surface area contributed by atoms with Gasteiger partial charge in [-0.1, -0.05) is 28.3 Å². The zero-order chi connectivity index (χ0) is 16.4. The van der Waals surface area contributed by atoms with Gasteiger partial charge in [-0.25, -0.2) is 4.98 Å². The standard InChI is InChI=1S/C17H16N4OS/c1-10-4-5-11(2)14(8-10)13-6-7-15(18-9-13)19-17(22)16-12(3)20-21-23-16/h4-9H,1-3H3,(H,18,19,22). The molecular formula is C17H16N4OS. The van der Waals surface area contributed by atoms with Crippen molar-refractivity contribution in [2.75, 3.05) is 5.32 Å². The van der Waals surface area contributed by atoms with Crippen LogP contribution in [0.4, 0.5) is 5.82 Å². The summed E-state index contributed by atoms with van der Waals surface area (Å²) in [7, 11) is 0. The molecule has 1 amide bonds. The van der Waals surface area contributed by atoms with Gasteiger partial charge in [0, 0.05) is 11.8 Å². The molecule has 3 rings (SSSR count). The number of rotatable bonds is 3.